The van der Waals surface area contributed by atoms with Crippen molar-refractivity contribution in [2.75, 3.05) is 19.8 Å². The summed E-state index contributed by atoms with van der Waals surface area (Å²) in [6, 6.07) is -0.0134. The quantitative estimate of drug-likeness (QED) is 0.690. The molecule has 1 aliphatic heterocycles. The van der Waals surface area contributed by atoms with Gasteiger partial charge in [0.25, 0.3) is 0 Å². The number of amides is 1. The summed E-state index contributed by atoms with van der Waals surface area (Å²) in [5, 5.41) is 0. The average molecular weight is 339 g/mol. The highest BCUT2D eigenvalue weighted by Crippen LogP contribution is 2.15. The Morgan fingerprint density at radius 3 is 2.81 bits per heavy atom. The Bertz CT molecular complexity index is 273. The second kappa shape index (κ2) is 5.86. The molecule has 0 bridgehead atoms. The van der Waals surface area contributed by atoms with Crippen molar-refractivity contribution >= 4 is 28.7 Å². The minimum atomic E-state index is -0.450. The van der Waals surface area contributed by atoms with Crippen molar-refractivity contribution in [1.29, 1.82) is 0 Å². The maximum Gasteiger partial charge on any atom is 0.410 e. The van der Waals surface area contributed by atoms with Gasteiger partial charge in [-0.05, 0) is 24.9 Å². The van der Waals surface area contributed by atoms with Gasteiger partial charge in [-0.2, -0.15) is 0 Å². The zero-order valence-electron chi connectivity index (χ0n) is 9.90. The van der Waals surface area contributed by atoms with Crippen LogP contribution in [0, 0.1) is 0 Å². The van der Waals surface area contributed by atoms with Gasteiger partial charge in [0, 0.05) is 6.54 Å². The van der Waals surface area contributed by atoms with E-state index in [1.807, 2.05) is 30.9 Å². The van der Waals surface area contributed by atoms with Crippen LogP contribution in [0.1, 0.15) is 20.8 Å². The molecule has 1 aliphatic rings. The fraction of sp³-hybridized carbons (Fsp3) is 0.727. The van der Waals surface area contributed by atoms with Crippen LogP contribution in [0.25, 0.3) is 0 Å². The van der Waals surface area contributed by atoms with Gasteiger partial charge in [0.2, 0.25) is 0 Å². The Kier molecular flexibility index (Phi) is 5.04. The molecule has 16 heavy (non-hydrogen) atoms. The van der Waals surface area contributed by atoms with Crippen LogP contribution in [-0.2, 0) is 9.47 Å². The number of nitrogens with zero attached hydrogens (tertiary/aromatic N) is 1. The van der Waals surface area contributed by atoms with Crippen molar-refractivity contribution in [2.24, 2.45) is 0 Å². The molecule has 1 unspecified atom stereocenters. The normalized spacial score (nSPS) is 22.5. The van der Waals surface area contributed by atoms with Crippen molar-refractivity contribution in [3.63, 3.8) is 0 Å². The largest absolute Gasteiger partial charge is 0.444 e. The summed E-state index contributed by atoms with van der Waals surface area (Å²) in [5.41, 5.74) is -0.450. The third-order valence-corrected chi connectivity index (χ3v) is 2.50. The summed E-state index contributed by atoms with van der Waals surface area (Å²) in [4.78, 5) is 13.6. The van der Waals surface area contributed by atoms with Gasteiger partial charge < -0.3 is 9.47 Å². The molecule has 1 fully saturated rings. The number of halogens is 1. The molecule has 0 radical (unpaired) electrons. The van der Waals surface area contributed by atoms with Gasteiger partial charge in [-0.1, -0.05) is 28.7 Å². The molecule has 4 nitrogen and oxygen atoms in total. The highest BCUT2D eigenvalue weighted by Gasteiger charge is 2.29. The number of morpholine rings is 1. The zero-order chi connectivity index (χ0) is 12.2. The van der Waals surface area contributed by atoms with Crippen LogP contribution >= 0.6 is 22.6 Å². The van der Waals surface area contributed by atoms with Crippen LogP contribution in [0.2, 0.25) is 0 Å². The Morgan fingerprint density at radius 2 is 2.25 bits per heavy atom. The summed E-state index contributed by atoms with van der Waals surface area (Å²) < 4.78 is 12.6. The molecule has 0 aromatic rings. The van der Waals surface area contributed by atoms with Gasteiger partial charge in [-0.25, -0.2) is 4.79 Å². The molecule has 0 spiro atoms. The highest BCUT2D eigenvalue weighted by molar-refractivity contribution is 14.1. The molecule has 92 valence electrons. The molecule has 1 atom stereocenters. The number of hydrogen-bond acceptors (Lipinski definition) is 3. The van der Waals surface area contributed by atoms with E-state index in [9.17, 15) is 4.79 Å². The number of ether oxygens (including phenoxy) is 2. The zero-order valence-corrected chi connectivity index (χ0v) is 12.1. The fourth-order valence-electron chi connectivity index (χ4n) is 1.41. The lowest BCUT2D eigenvalue weighted by molar-refractivity contribution is -0.0216. The molecule has 0 aromatic carbocycles. The second-order valence-corrected chi connectivity index (χ2v) is 5.35. The van der Waals surface area contributed by atoms with Crippen LogP contribution < -0.4 is 0 Å². The van der Waals surface area contributed by atoms with Gasteiger partial charge in [0.15, 0.2) is 0 Å². The first-order valence-electron chi connectivity index (χ1n) is 5.28. The van der Waals surface area contributed by atoms with Crippen LogP contribution in [-0.4, -0.2) is 42.4 Å². The molecule has 1 heterocycles. The number of hydrogen-bond donors (Lipinski definition) is 0. The topological polar surface area (TPSA) is 38.8 Å². The Hall–Kier alpha value is -0.300. The van der Waals surface area contributed by atoms with E-state index in [4.69, 9.17) is 9.47 Å². The summed E-state index contributed by atoms with van der Waals surface area (Å²) in [5.74, 6) is 0. The summed E-state index contributed by atoms with van der Waals surface area (Å²) in [7, 11) is 0. The Balaban J connectivity index is 2.64. The minimum Gasteiger partial charge on any atom is -0.444 e. The van der Waals surface area contributed by atoms with Crippen molar-refractivity contribution < 1.29 is 14.3 Å². The van der Waals surface area contributed by atoms with E-state index < -0.39 is 5.60 Å². The van der Waals surface area contributed by atoms with Gasteiger partial charge >= 0.3 is 6.09 Å². The van der Waals surface area contributed by atoms with Gasteiger partial charge in [-0.15, -0.1) is 0 Å². The van der Waals surface area contributed by atoms with Gasteiger partial charge in [0.05, 0.1) is 19.3 Å². The lowest BCUT2D eigenvalue weighted by atomic mass is 10.2. The van der Waals surface area contributed by atoms with Crippen molar-refractivity contribution in [1.82, 2.24) is 4.90 Å². The SMILES string of the molecule is CC(C)(C)OC(=O)N1CCOCC1C=CI. The molecule has 0 aromatic heterocycles. The predicted octanol–water partition coefficient (Wildman–Crippen LogP) is 2.57. The molecular formula is C11H18INO3. The van der Waals surface area contributed by atoms with Crippen molar-refractivity contribution in [2.45, 2.75) is 32.4 Å². The minimum absolute atomic E-state index is 0.0134. The molecule has 0 N–H and O–H groups in total. The molecule has 5 heteroatoms. The van der Waals surface area contributed by atoms with E-state index in [2.05, 4.69) is 22.6 Å². The molecule has 1 saturated heterocycles. The predicted molar refractivity (Wildman–Crippen MR) is 70.7 cm³/mol. The summed E-state index contributed by atoms with van der Waals surface area (Å²) >= 11 is 2.14. The lowest BCUT2D eigenvalue weighted by Crippen LogP contribution is -2.49. The average Bonchev–Trinajstić information content (AvgIpc) is 2.16. The third-order valence-electron chi connectivity index (χ3n) is 2.09. The van der Waals surface area contributed by atoms with Crippen LogP contribution in [0.3, 0.4) is 0 Å². The molecule has 0 aliphatic carbocycles. The van der Waals surface area contributed by atoms with E-state index in [-0.39, 0.29) is 12.1 Å². The van der Waals surface area contributed by atoms with Gasteiger partial charge in [0.1, 0.15) is 5.60 Å². The number of carbonyl (C=O) groups excluding carboxylic acids is 1. The summed E-state index contributed by atoms with van der Waals surface area (Å²) in [6.45, 7) is 7.31. The smallest absolute Gasteiger partial charge is 0.410 e. The van der Waals surface area contributed by atoms with Crippen molar-refractivity contribution in [3.8, 4) is 0 Å². The number of rotatable bonds is 1. The van der Waals surface area contributed by atoms with E-state index in [0.29, 0.717) is 19.8 Å². The molecule has 1 amide bonds. The Labute approximate surface area is 110 Å². The standard InChI is InChI=1S/C11H18INO3/c1-11(2,3)16-10(14)13-6-7-15-8-9(13)4-5-12/h4-5,9H,6-8H2,1-3H3. The van der Waals surface area contributed by atoms with E-state index in [0.717, 1.165) is 0 Å². The first-order valence-corrected chi connectivity index (χ1v) is 6.53. The molecule has 1 rings (SSSR count). The first-order chi connectivity index (χ1) is 7.44. The highest BCUT2D eigenvalue weighted by atomic mass is 127. The number of carbonyl (C=O) groups is 1. The maximum absolute atomic E-state index is 11.9. The van der Waals surface area contributed by atoms with E-state index in [1.165, 1.54) is 0 Å². The van der Waals surface area contributed by atoms with Gasteiger partial charge in [-0.3, -0.25) is 4.90 Å². The lowest BCUT2D eigenvalue weighted by Gasteiger charge is -2.35. The first kappa shape index (κ1) is 13.8. The van der Waals surface area contributed by atoms with E-state index in [1.54, 1.807) is 4.90 Å². The summed E-state index contributed by atoms with van der Waals surface area (Å²) in [6.07, 6.45) is 1.68. The Morgan fingerprint density at radius 1 is 1.56 bits per heavy atom. The molecule has 0 saturated carbocycles. The second-order valence-electron chi connectivity index (χ2n) is 4.63. The molecular weight excluding hydrogens is 321 g/mol. The van der Waals surface area contributed by atoms with E-state index >= 15 is 0 Å². The van der Waals surface area contributed by atoms with Crippen LogP contribution in [0.5, 0.6) is 0 Å². The van der Waals surface area contributed by atoms with Crippen molar-refractivity contribution in [3.05, 3.63) is 10.2 Å². The van der Waals surface area contributed by atoms with Crippen LogP contribution in [0.4, 0.5) is 4.79 Å². The third kappa shape index (κ3) is 4.29. The monoisotopic (exact) mass is 339 g/mol. The fourth-order valence-corrected chi connectivity index (χ4v) is 1.89. The maximum atomic E-state index is 11.9. The van der Waals surface area contributed by atoms with Crippen LogP contribution in [0.15, 0.2) is 10.2 Å².